The molecule has 0 saturated heterocycles. The Morgan fingerprint density at radius 2 is 1.96 bits per heavy atom. The van der Waals surface area contributed by atoms with E-state index in [9.17, 15) is 0 Å². The van der Waals surface area contributed by atoms with Crippen LogP contribution in [-0.4, -0.2) is 22.3 Å². The van der Waals surface area contributed by atoms with Crippen molar-refractivity contribution < 1.29 is 9.15 Å². The van der Waals surface area contributed by atoms with Gasteiger partial charge in [0.25, 0.3) is 0 Å². The van der Waals surface area contributed by atoms with E-state index in [1.807, 2.05) is 25.1 Å². The number of para-hydroxylation sites is 1. The zero-order valence-corrected chi connectivity index (χ0v) is 13.9. The molecule has 0 amide bonds. The fourth-order valence-corrected chi connectivity index (χ4v) is 3.04. The van der Waals surface area contributed by atoms with E-state index >= 15 is 0 Å². The topological polar surface area (TPSA) is 60.2 Å². The van der Waals surface area contributed by atoms with Crippen LogP contribution in [0.25, 0.3) is 0 Å². The molecule has 0 aliphatic heterocycles. The Bertz CT molecular complexity index is 626. The van der Waals surface area contributed by atoms with Gasteiger partial charge >= 0.3 is 0 Å². The Hall–Kier alpha value is -1.88. The molecule has 1 aromatic heterocycles. The smallest absolute Gasteiger partial charge is 0.230 e. The van der Waals surface area contributed by atoms with Crippen LogP contribution in [0.5, 0.6) is 5.75 Å². The van der Waals surface area contributed by atoms with Gasteiger partial charge in [-0.1, -0.05) is 31.5 Å². The Kier molecular flexibility index (Phi) is 5.28. The van der Waals surface area contributed by atoms with E-state index < -0.39 is 0 Å². The van der Waals surface area contributed by atoms with Gasteiger partial charge in [0.05, 0.1) is 6.54 Å². The highest BCUT2D eigenvalue weighted by Gasteiger charge is 2.27. The molecule has 1 N–H and O–H groups in total. The van der Waals surface area contributed by atoms with E-state index in [2.05, 4.69) is 28.5 Å². The third-order valence-corrected chi connectivity index (χ3v) is 4.40. The molecule has 1 aromatic carbocycles. The van der Waals surface area contributed by atoms with Crippen molar-refractivity contribution >= 4 is 0 Å². The molecule has 5 heteroatoms. The molecule has 0 radical (unpaired) electrons. The largest absolute Gasteiger partial charge is 0.489 e. The molecule has 124 valence electrons. The van der Waals surface area contributed by atoms with Crippen molar-refractivity contribution in [1.82, 2.24) is 15.5 Å². The summed E-state index contributed by atoms with van der Waals surface area (Å²) in [7, 11) is 0. The van der Waals surface area contributed by atoms with Gasteiger partial charge in [-0.2, -0.15) is 0 Å². The van der Waals surface area contributed by atoms with Crippen LogP contribution in [0.1, 0.15) is 50.0 Å². The predicted octanol–water partition coefficient (Wildman–Crippen LogP) is 3.42. The summed E-state index contributed by atoms with van der Waals surface area (Å²) in [4.78, 5) is 0. The summed E-state index contributed by atoms with van der Waals surface area (Å²) in [5.74, 6) is 2.33. The van der Waals surface area contributed by atoms with E-state index in [4.69, 9.17) is 9.15 Å². The Balaban J connectivity index is 1.61. The summed E-state index contributed by atoms with van der Waals surface area (Å²) in [5, 5.41) is 11.6. The molecule has 2 atom stereocenters. The molecule has 5 nitrogen and oxygen atoms in total. The number of ether oxygens (including phenoxy) is 1. The van der Waals surface area contributed by atoms with Crippen molar-refractivity contribution in [2.75, 3.05) is 0 Å². The maximum atomic E-state index is 6.28. The summed E-state index contributed by atoms with van der Waals surface area (Å²) >= 11 is 0. The van der Waals surface area contributed by atoms with Crippen LogP contribution in [0.4, 0.5) is 0 Å². The van der Waals surface area contributed by atoms with Crippen molar-refractivity contribution in [3.63, 3.8) is 0 Å². The number of hydrogen-bond donors (Lipinski definition) is 1. The average molecular weight is 315 g/mol. The van der Waals surface area contributed by atoms with Crippen molar-refractivity contribution in [2.45, 2.75) is 64.6 Å². The van der Waals surface area contributed by atoms with Gasteiger partial charge in [0.15, 0.2) is 0 Å². The molecular formula is C18H25N3O2. The highest BCUT2D eigenvalue weighted by Crippen LogP contribution is 2.26. The second-order valence-electron chi connectivity index (χ2n) is 6.14. The third-order valence-electron chi connectivity index (χ3n) is 4.40. The van der Waals surface area contributed by atoms with Gasteiger partial charge in [-0.05, 0) is 37.8 Å². The molecule has 0 bridgehead atoms. The zero-order valence-electron chi connectivity index (χ0n) is 13.9. The summed E-state index contributed by atoms with van der Waals surface area (Å²) in [5.41, 5.74) is 1.18. The lowest BCUT2D eigenvalue weighted by atomic mass is 9.92. The van der Waals surface area contributed by atoms with E-state index in [-0.39, 0.29) is 6.10 Å². The molecule has 1 saturated carbocycles. The van der Waals surface area contributed by atoms with Gasteiger partial charge in [-0.25, -0.2) is 0 Å². The minimum absolute atomic E-state index is 0.193. The fraction of sp³-hybridized carbons (Fsp3) is 0.556. The van der Waals surface area contributed by atoms with Gasteiger partial charge in [0, 0.05) is 12.5 Å². The lowest BCUT2D eigenvalue weighted by Crippen LogP contribution is -2.45. The SMILES string of the molecule is CCc1nnc(CNC2CCCCC2Oc2ccccc2C)o1. The van der Waals surface area contributed by atoms with Gasteiger partial charge in [0.1, 0.15) is 11.9 Å². The fourth-order valence-electron chi connectivity index (χ4n) is 3.04. The first-order valence-electron chi connectivity index (χ1n) is 8.53. The number of hydrogen-bond acceptors (Lipinski definition) is 5. The number of aryl methyl sites for hydroxylation is 2. The highest BCUT2D eigenvalue weighted by atomic mass is 16.5. The van der Waals surface area contributed by atoms with Crippen LogP contribution < -0.4 is 10.1 Å². The van der Waals surface area contributed by atoms with Crippen molar-refractivity contribution in [3.8, 4) is 5.75 Å². The van der Waals surface area contributed by atoms with Crippen LogP contribution in [0, 0.1) is 6.92 Å². The first-order chi connectivity index (χ1) is 11.3. The predicted molar refractivity (Wildman–Crippen MR) is 88.4 cm³/mol. The summed E-state index contributed by atoms with van der Waals surface area (Å²) < 4.78 is 11.9. The van der Waals surface area contributed by atoms with E-state index in [1.165, 1.54) is 18.4 Å². The van der Waals surface area contributed by atoms with Crippen molar-refractivity contribution in [2.24, 2.45) is 0 Å². The third kappa shape index (κ3) is 4.10. The molecule has 0 spiro atoms. The number of rotatable bonds is 6. The molecule has 2 aromatic rings. The number of nitrogens with one attached hydrogen (secondary N) is 1. The highest BCUT2D eigenvalue weighted by molar-refractivity contribution is 5.32. The molecule has 1 fully saturated rings. The zero-order chi connectivity index (χ0) is 16.1. The quantitative estimate of drug-likeness (QED) is 0.885. The average Bonchev–Trinajstić information content (AvgIpc) is 3.04. The first-order valence-corrected chi connectivity index (χ1v) is 8.53. The van der Waals surface area contributed by atoms with Crippen LogP contribution >= 0.6 is 0 Å². The van der Waals surface area contributed by atoms with Gasteiger partial charge < -0.3 is 14.5 Å². The van der Waals surface area contributed by atoms with Crippen LogP contribution in [0.15, 0.2) is 28.7 Å². The minimum atomic E-state index is 0.193. The van der Waals surface area contributed by atoms with Crippen LogP contribution in [-0.2, 0) is 13.0 Å². The monoisotopic (exact) mass is 315 g/mol. The molecule has 3 rings (SSSR count). The number of aromatic nitrogens is 2. The maximum Gasteiger partial charge on any atom is 0.230 e. The molecule has 23 heavy (non-hydrogen) atoms. The second-order valence-corrected chi connectivity index (χ2v) is 6.14. The summed E-state index contributed by atoms with van der Waals surface area (Å²) in [6.07, 6.45) is 5.61. The normalized spacial score (nSPS) is 21.3. The van der Waals surface area contributed by atoms with E-state index in [1.54, 1.807) is 0 Å². The second kappa shape index (κ2) is 7.59. The first kappa shape index (κ1) is 16.0. The standard InChI is InChI=1S/C18H25N3O2/c1-3-17-20-21-18(23-17)12-19-14-9-5-7-11-16(14)22-15-10-6-4-8-13(15)2/h4,6,8,10,14,16,19H,3,5,7,9,11-12H2,1-2H3. The Labute approximate surface area is 137 Å². The molecule has 1 aliphatic carbocycles. The minimum Gasteiger partial charge on any atom is -0.489 e. The van der Waals surface area contributed by atoms with Gasteiger partial charge in [-0.3, -0.25) is 0 Å². The summed E-state index contributed by atoms with van der Waals surface area (Å²) in [6.45, 7) is 4.70. The van der Waals surface area contributed by atoms with Crippen LogP contribution in [0.3, 0.4) is 0 Å². The Morgan fingerprint density at radius 3 is 2.74 bits per heavy atom. The van der Waals surface area contributed by atoms with Crippen molar-refractivity contribution in [3.05, 3.63) is 41.6 Å². The van der Waals surface area contributed by atoms with Crippen molar-refractivity contribution in [1.29, 1.82) is 0 Å². The maximum absolute atomic E-state index is 6.28. The Morgan fingerprint density at radius 1 is 1.17 bits per heavy atom. The summed E-state index contributed by atoms with van der Waals surface area (Å²) in [6, 6.07) is 8.52. The lowest BCUT2D eigenvalue weighted by Gasteiger charge is -2.32. The number of nitrogens with zero attached hydrogens (tertiary/aromatic N) is 2. The lowest BCUT2D eigenvalue weighted by molar-refractivity contribution is 0.111. The molecule has 1 heterocycles. The van der Waals surface area contributed by atoms with E-state index in [0.717, 1.165) is 25.0 Å². The van der Waals surface area contributed by atoms with Gasteiger partial charge in [0.2, 0.25) is 11.8 Å². The number of benzene rings is 1. The van der Waals surface area contributed by atoms with Crippen LogP contribution in [0.2, 0.25) is 0 Å². The molecule has 2 unspecified atom stereocenters. The molecule has 1 aliphatic rings. The van der Waals surface area contributed by atoms with Gasteiger partial charge in [-0.15, -0.1) is 10.2 Å². The molecular weight excluding hydrogens is 290 g/mol. The van der Waals surface area contributed by atoms with E-state index in [0.29, 0.717) is 24.4 Å².